The van der Waals surface area contributed by atoms with Crippen LogP contribution in [-0.2, 0) is 22.2 Å². The molecule has 0 bridgehead atoms. The van der Waals surface area contributed by atoms with Crippen LogP contribution >= 0.6 is 7.82 Å². The van der Waals surface area contributed by atoms with Crippen molar-refractivity contribution in [2.24, 2.45) is 0 Å². The summed E-state index contributed by atoms with van der Waals surface area (Å²) < 4.78 is 23.1. The third kappa shape index (κ3) is 5.18. The number of hydrogen-bond donors (Lipinski definition) is 5. The summed E-state index contributed by atoms with van der Waals surface area (Å²) in [6.45, 7) is 1.16. The zero-order valence-electron chi connectivity index (χ0n) is 19.5. The van der Waals surface area contributed by atoms with Crippen molar-refractivity contribution >= 4 is 30.1 Å². The van der Waals surface area contributed by atoms with Crippen molar-refractivity contribution in [3.63, 3.8) is 0 Å². The van der Waals surface area contributed by atoms with E-state index in [-0.39, 0.29) is 17.9 Å². The minimum Gasteiger partial charge on any atom is -0.506 e. The molecule has 0 spiro atoms. The zero-order chi connectivity index (χ0) is 26.2. The molecule has 3 heterocycles. The van der Waals surface area contributed by atoms with Crippen molar-refractivity contribution in [1.29, 1.82) is 0 Å². The number of hydrogen-bond acceptors (Lipinski definition) is 8. The Morgan fingerprint density at radius 2 is 1.89 bits per heavy atom. The van der Waals surface area contributed by atoms with Gasteiger partial charge >= 0.3 is 13.5 Å². The lowest BCUT2D eigenvalue weighted by Gasteiger charge is -2.16. The molecule has 0 saturated heterocycles. The highest BCUT2D eigenvalue weighted by atomic mass is 31.2. The lowest BCUT2D eigenvalue weighted by Crippen LogP contribution is -2.12. The van der Waals surface area contributed by atoms with Crippen LogP contribution in [0.15, 0.2) is 65.6 Å². The molecule has 12 nitrogen and oxygen atoms in total. The Morgan fingerprint density at radius 3 is 2.65 bits per heavy atom. The maximum Gasteiger partial charge on any atom is 0.469 e. The van der Waals surface area contributed by atoms with Gasteiger partial charge in [-0.15, -0.1) is 0 Å². The van der Waals surface area contributed by atoms with Gasteiger partial charge in [-0.25, -0.2) is 18.9 Å². The third-order valence-corrected chi connectivity index (χ3v) is 6.17. The number of aromatic hydroxyl groups is 1. The Labute approximate surface area is 209 Å². The second kappa shape index (κ2) is 9.68. The monoisotopic (exact) mass is 523 g/mol. The molecule has 0 aliphatic carbocycles. The zero-order valence-corrected chi connectivity index (χ0v) is 20.3. The summed E-state index contributed by atoms with van der Waals surface area (Å²) in [4.78, 5) is 34.8. The van der Waals surface area contributed by atoms with Crippen LogP contribution < -0.4 is 15.7 Å². The summed E-state index contributed by atoms with van der Waals surface area (Å²) in [6, 6.07) is 16.4. The molecule has 0 saturated carbocycles. The van der Waals surface area contributed by atoms with Crippen LogP contribution in [0, 0.1) is 6.92 Å². The number of phosphoric acid groups is 1. The van der Waals surface area contributed by atoms with Crippen LogP contribution in [0.2, 0.25) is 0 Å². The first-order chi connectivity index (χ1) is 17.7. The van der Waals surface area contributed by atoms with Crippen LogP contribution in [-0.4, -0.2) is 34.5 Å². The van der Waals surface area contributed by atoms with E-state index in [1.54, 1.807) is 31.2 Å². The smallest absolute Gasteiger partial charge is 0.469 e. The number of rotatable bonds is 8. The molecule has 0 aliphatic heterocycles. The normalized spacial score (nSPS) is 11.8. The SMILES string of the molecule is Cc1ncc(COP(=O)(O)O)c(CNc2cc3cc(Oc4ccccc4)ccc3n3c(=O)[nH]nc23)c1O. The summed E-state index contributed by atoms with van der Waals surface area (Å²) in [5.74, 6) is 1.09. The summed E-state index contributed by atoms with van der Waals surface area (Å²) in [7, 11) is -4.74. The van der Waals surface area contributed by atoms with Crippen LogP contribution in [0.25, 0.3) is 16.6 Å². The van der Waals surface area contributed by atoms with Crippen molar-refractivity contribution in [2.75, 3.05) is 5.32 Å². The second-order valence-corrected chi connectivity index (χ2v) is 9.43. The topological polar surface area (TPSA) is 171 Å². The highest BCUT2D eigenvalue weighted by molar-refractivity contribution is 7.46. The van der Waals surface area contributed by atoms with E-state index in [0.29, 0.717) is 45.0 Å². The van der Waals surface area contributed by atoms with Gasteiger partial charge in [0.15, 0.2) is 5.65 Å². The van der Waals surface area contributed by atoms with E-state index in [0.717, 1.165) is 0 Å². The number of H-pyrrole nitrogens is 1. The fourth-order valence-electron chi connectivity index (χ4n) is 3.93. The average molecular weight is 523 g/mol. The number of ether oxygens (including phenoxy) is 1. The van der Waals surface area contributed by atoms with E-state index in [9.17, 15) is 14.5 Å². The molecule has 0 fully saturated rings. The van der Waals surface area contributed by atoms with E-state index >= 15 is 0 Å². The number of aromatic nitrogens is 4. The highest BCUT2D eigenvalue weighted by Crippen LogP contribution is 2.38. The molecule has 5 N–H and O–H groups in total. The number of pyridine rings is 2. The fraction of sp³-hybridized carbons (Fsp3) is 0.125. The molecule has 0 aliphatic rings. The Kier molecular flexibility index (Phi) is 6.40. The van der Waals surface area contributed by atoms with Gasteiger partial charge < -0.3 is 24.9 Å². The molecule has 0 radical (unpaired) electrons. The number of nitrogens with zero attached hydrogens (tertiary/aromatic N) is 3. The van der Waals surface area contributed by atoms with E-state index in [1.807, 2.05) is 30.3 Å². The molecule has 5 rings (SSSR count). The van der Waals surface area contributed by atoms with Crippen molar-refractivity contribution in [2.45, 2.75) is 20.1 Å². The first kappa shape index (κ1) is 24.5. The van der Waals surface area contributed by atoms with Gasteiger partial charge in [0.05, 0.1) is 23.5 Å². The molecule has 0 unspecified atom stereocenters. The molecule has 0 amide bonds. The van der Waals surface area contributed by atoms with Gasteiger partial charge in [-0.3, -0.25) is 9.51 Å². The van der Waals surface area contributed by atoms with Crippen LogP contribution in [0.3, 0.4) is 0 Å². The second-order valence-electron chi connectivity index (χ2n) is 8.20. The highest BCUT2D eigenvalue weighted by Gasteiger charge is 2.19. The van der Waals surface area contributed by atoms with Crippen LogP contribution in [0.5, 0.6) is 17.2 Å². The van der Waals surface area contributed by atoms with E-state index < -0.39 is 20.1 Å². The molecule has 37 heavy (non-hydrogen) atoms. The minimum absolute atomic E-state index is 0.0253. The maximum atomic E-state index is 12.6. The fourth-order valence-corrected chi connectivity index (χ4v) is 4.24. The molecule has 5 aromatic rings. The number of aryl methyl sites for hydroxylation is 1. The summed E-state index contributed by atoms with van der Waals surface area (Å²) in [6.07, 6.45) is 1.38. The quantitative estimate of drug-likeness (QED) is 0.189. The van der Waals surface area contributed by atoms with E-state index in [1.165, 1.54) is 10.6 Å². The number of aromatic amines is 1. The van der Waals surface area contributed by atoms with Crippen molar-refractivity contribution in [3.8, 4) is 17.2 Å². The molecule has 0 atom stereocenters. The number of para-hydroxylation sites is 1. The van der Waals surface area contributed by atoms with Gasteiger partial charge in [-0.1, -0.05) is 18.2 Å². The number of benzene rings is 2. The molecule has 190 valence electrons. The number of fused-ring (bicyclic) bond motifs is 3. The first-order valence-electron chi connectivity index (χ1n) is 11.1. The Bertz CT molecular complexity index is 1710. The van der Waals surface area contributed by atoms with Crippen LogP contribution in [0.4, 0.5) is 5.69 Å². The summed E-state index contributed by atoms with van der Waals surface area (Å²) in [5, 5.41) is 21.0. The number of phosphoric ester groups is 1. The van der Waals surface area contributed by atoms with Gasteiger partial charge in [0.1, 0.15) is 17.2 Å². The van der Waals surface area contributed by atoms with Crippen LogP contribution in [0.1, 0.15) is 16.8 Å². The molecular formula is C24H22N5O7P. The summed E-state index contributed by atoms with van der Waals surface area (Å²) in [5.41, 5.74) is 1.92. The third-order valence-electron chi connectivity index (χ3n) is 5.71. The van der Waals surface area contributed by atoms with E-state index in [2.05, 4.69) is 25.0 Å². The van der Waals surface area contributed by atoms with Gasteiger partial charge in [-0.2, -0.15) is 5.10 Å². The molecule has 2 aromatic carbocycles. The predicted octanol–water partition coefficient (Wildman–Crippen LogP) is 3.60. The maximum absolute atomic E-state index is 12.6. The summed E-state index contributed by atoms with van der Waals surface area (Å²) >= 11 is 0. The number of nitrogens with one attached hydrogen (secondary N) is 2. The van der Waals surface area contributed by atoms with Gasteiger partial charge in [0.25, 0.3) is 0 Å². The standard InChI is InChI=1S/C24H22N5O7P/c1-14-22(30)19(16(11-25-14)13-35-37(32,33)34)12-26-20-10-15-9-18(36-17-5-3-2-4-6-17)7-8-21(15)29-23(20)27-28-24(29)31/h2-11,26,30H,12-13H2,1H3,(H,28,31)(H2,32,33,34). The Hall–Kier alpha value is -4.22. The van der Waals surface area contributed by atoms with Gasteiger partial charge in [-0.05, 0) is 43.3 Å². The van der Waals surface area contributed by atoms with Gasteiger partial charge in [0.2, 0.25) is 0 Å². The molecular weight excluding hydrogens is 501 g/mol. The lowest BCUT2D eigenvalue weighted by atomic mass is 10.1. The predicted molar refractivity (Wildman–Crippen MR) is 135 cm³/mol. The van der Waals surface area contributed by atoms with E-state index in [4.69, 9.17) is 14.5 Å². The van der Waals surface area contributed by atoms with Crippen molar-refractivity contribution in [3.05, 3.63) is 88.1 Å². The molecule has 13 heteroatoms. The lowest BCUT2D eigenvalue weighted by molar-refractivity contribution is 0.188. The van der Waals surface area contributed by atoms with Crippen molar-refractivity contribution in [1.82, 2.24) is 19.6 Å². The first-order valence-corrected chi connectivity index (χ1v) is 12.6. The minimum atomic E-state index is -4.74. The average Bonchev–Trinajstić information content (AvgIpc) is 3.26. The molecule has 3 aromatic heterocycles. The Morgan fingerprint density at radius 1 is 1.11 bits per heavy atom. The van der Waals surface area contributed by atoms with Gasteiger partial charge in [0, 0.05) is 29.3 Å². The Balaban J connectivity index is 1.52. The largest absolute Gasteiger partial charge is 0.506 e. The van der Waals surface area contributed by atoms with Crippen molar-refractivity contribution < 1.29 is 28.7 Å². The number of anilines is 1.